The van der Waals surface area contributed by atoms with Gasteiger partial charge in [-0.05, 0) is 32.4 Å². The first-order chi connectivity index (χ1) is 10.1. The molecule has 4 heteroatoms. The second-order valence-electron chi connectivity index (χ2n) is 5.77. The third-order valence-corrected chi connectivity index (χ3v) is 4.09. The molecule has 0 spiro atoms. The van der Waals surface area contributed by atoms with Crippen LogP contribution in [0, 0.1) is 17.1 Å². The maximum atomic E-state index is 14.2. The van der Waals surface area contributed by atoms with Gasteiger partial charge in [0.15, 0.2) is 0 Å². The van der Waals surface area contributed by atoms with Gasteiger partial charge in [0.2, 0.25) is 0 Å². The molecule has 0 saturated carbocycles. The van der Waals surface area contributed by atoms with Crippen molar-refractivity contribution < 1.29 is 9.18 Å². The Kier molecular flexibility index (Phi) is 5.46. The van der Waals surface area contributed by atoms with Gasteiger partial charge in [0, 0.05) is 24.6 Å². The molecule has 0 N–H and O–H groups in total. The first kappa shape index (κ1) is 15.7. The fourth-order valence-electron chi connectivity index (χ4n) is 3.01. The molecule has 112 valence electrons. The minimum absolute atomic E-state index is 0.0884. The molecule has 0 bridgehead atoms. The second-order valence-corrected chi connectivity index (χ2v) is 5.77. The Morgan fingerprint density at radius 1 is 1.43 bits per heavy atom. The van der Waals surface area contributed by atoms with Crippen LogP contribution >= 0.6 is 0 Å². The number of halogens is 1. The summed E-state index contributed by atoms with van der Waals surface area (Å²) in [4.78, 5) is 13.6. The fourth-order valence-corrected chi connectivity index (χ4v) is 3.01. The van der Waals surface area contributed by atoms with Crippen molar-refractivity contribution in [2.24, 2.45) is 0 Å². The molecule has 1 aromatic carbocycles. The van der Waals surface area contributed by atoms with Crippen LogP contribution in [0.25, 0.3) is 0 Å². The number of nitrogens with zero attached hydrogens (tertiary/aromatic N) is 2. The van der Waals surface area contributed by atoms with E-state index in [1.165, 1.54) is 6.07 Å². The molecule has 1 atom stereocenters. The predicted molar refractivity (Wildman–Crippen MR) is 79.1 cm³/mol. The van der Waals surface area contributed by atoms with Crippen molar-refractivity contribution in [3.05, 3.63) is 35.1 Å². The Bertz CT molecular complexity index is 550. The van der Waals surface area contributed by atoms with Gasteiger partial charge >= 0.3 is 0 Å². The van der Waals surface area contributed by atoms with Gasteiger partial charge in [-0.15, -0.1) is 0 Å². The Balaban J connectivity index is 2.18. The zero-order valence-electron chi connectivity index (χ0n) is 12.4. The van der Waals surface area contributed by atoms with Gasteiger partial charge < -0.3 is 0 Å². The van der Waals surface area contributed by atoms with E-state index in [0.717, 1.165) is 32.2 Å². The molecule has 0 radical (unpaired) electrons. The number of hydrogen-bond donors (Lipinski definition) is 0. The third kappa shape index (κ3) is 4.12. The first-order valence-corrected chi connectivity index (χ1v) is 7.52. The van der Waals surface area contributed by atoms with Gasteiger partial charge in [0.05, 0.1) is 5.56 Å². The molecule has 1 fully saturated rings. The Hall–Kier alpha value is -1.73. The van der Waals surface area contributed by atoms with E-state index >= 15 is 0 Å². The number of ketones is 1. The molecule has 0 amide bonds. The predicted octanol–water partition coefficient (Wildman–Crippen LogP) is 3.42. The summed E-state index contributed by atoms with van der Waals surface area (Å²) >= 11 is 0. The monoisotopic (exact) mass is 288 g/mol. The summed E-state index contributed by atoms with van der Waals surface area (Å²) in [7, 11) is 0. The van der Waals surface area contributed by atoms with Crippen molar-refractivity contribution in [1.29, 1.82) is 5.26 Å². The molecule has 3 nitrogen and oxygen atoms in total. The zero-order valence-corrected chi connectivity index (χ0v) is 12.4. The van der Waals surface area contributed by atoms with Crippen LogP contribution in [0.3, 0.4) is 0 Å². The van der Waals surface area contributed by atoms with Crippen molar-refractivity contribution in [3.63, 3.8) is 0 Å². The molecule has 2 rings (SSSR count). The number of benzene rings is 1. The highest BCUT2D eigenvalue weighted by atomic mass is 19.1. The molecule has 0 aromatic heterocycles. The summed E-state index contributed by atoms with van der Waals surface area (Å²) in [5.74, 6) is -0.246. The van der Waals surface area contributed by atoms with E-state index in [-0.39, 0.29) is 17.4 Å². The van der Waals surface area contributed by atoms with Crippen molar-refractivity contribution in [1.82, 2.24) is 4.90 Å². The Morgan fingerprint density at radius 2 is 2.24 bits per heavy atom. The quantitative estimate of drug-likeness (QED) is 0.852. The average Bonchev–Trinajstić information content (AvgIpc) is 2.66. The van der Waals surface area contributed by atoms with Gasteiger partial charge in [-0.2, -0.15) is 5.26 Å². The second kappa shape index (κ2) is 7.33. The van der Waals surface area contributed by atoms with Crippen LogP contribution in [0.2, 0.25) is 0 Å². The Morgan fingerprint density at radius 3 is 2.95 bits per heavy atom. The summed E-state index contributed by atoms with van der Waals surface area (Å²) in [6, 6.07) is 7.01. The molecular formula is C17H21FN2O. The lowest BCUT2D eigenvalue weighted by Gasteiger charge is -2.29. The standard InChI is InChI=1S/C17H21FN2O/c1-13(21)10-16-8-3-2-4-9-20(16)12-15-7-5-6-14(11-19)17(15)18/h5-7,16H,2-4,8-10,12H2,1H3. The summed E-state index contributed by atoms with van der Waals surface area (Å²) in [6.07, 6.45) is 4.87. The van der Waals surface area contributed by atoms with Crippen LogP contribution in [0.5, 0.6) is 0 Å². The third-order valence-electron chi connectivity index (χ3n) is 4.09. The molecule has 1 unspecified atom stereocenters. The van der Waals surface area contributed by atoms with Gasteiger partial charge in [0.25, 0.3) is 0 Å². The molecule has 1 saturated heterocycles. The van der Waals surface area contributed by atoms with E-state index < -0.39 is 5.82 Å². The van der Waals surface area contributed by atoms with Gasteiger partial charge in [-0.1, -0.05) is 25.0 Å². The highest BCUT2D eigenvalue weighted by molar-refractivity contribution is 5.76. The number of carbonyl (C=O) groups is 1. The smallest absolute Gasteiger partial charge is 0.145 e. The van der Waals surface area contributed by atoms with Crippen molar-refractivity contribution in [2.75, 3.05) is 6.54 Å². The average molecular weight is 288 g/mol. The van der Waals surface area contributed by atoms with E-state index in [4.69, 9.17) is 5.26 Å². The lowest BCUT2D eigenvalue weighted by molar-refractivity contribution is -0.118. The maximum absolute atomic E-state index is 14.2. The SMILES string of the molecule is CC(=O)CC1CCCCCN1Cc1cccc(C#N)c1F. The Labute approximate surface area is 125 Å². The summed E-state index contributed by atoms with van der Waals surface area (Å²) in [6.45, 7) is 2.97. The number of carbonyl (C=O) groups excluding carboxylic acids is 1. The number of likely N-dealkylation sites (tertiary alicyclic amines) is 1. The number of Topliss-reactive ketones (excluding diaryl/α,β-unsaturated/α-hetero) is 1. The van der Waals surface area contributed by atoms with E-state index in [2.05, 4.69) is 4.90 Å². The van der Waals surface area contributed by atoms with Gasteiger partial charge in [-0.3, -0.25) is 9.69 Å². The van der Waals surface area contributed by atoms with E-state index in [1.54, 1.807) is 19.1 Å². The molecule has 1 aliphatic rings. The van der Waals surface area contributed by atoms with E-state index in [1.807, 2.05) is 6.07 Å². The minimum Gasteiger partial charge on any atom is -0.300 e. The molecule has 1 heterocycles. The lowest BCUT2D eigenvalue weighted by Crippen LogP contribution is -2.36. The van der Waals surface area contributed by atoms with Gasteiger partial charge in [-0.25, -0.2) is 4.39 Å². The highest BCUT2D eigenvalue weighted by Gasteiger charge is 2.23. The lowest BCUT2D eigenvalue weighted by atomic mass is 10.0. The normalized spacial score (nSPS) is 19.8. The zero-order chi connectivity index (χ0) is 15.2. The van der Waals surface area contributed by atoms with Crippen LogP contribution in [0.1, 0.15) is 50.2 Å². The van der Waals surface area contributed by atoms with Crippen LogP contribution in [0.15, 0.2) is 18.2 Å². The summed E-state index contributed by atoms with van der Waals surface area (Å²) in [5, 5.41) is 8.92. The summed E-state index contributed by atoms with van der Waals surface area (Å²) in [5.41, 5.74) is 0.634. The van der Waals surface area contributed by atoms with Crippen LogP contribution in [-0.2, 0) is 11.3 Å². The number of nitriles is 1. The fraction of sp³-hybridized carbons (Fsp3) is 0.529. The molecule has 0 aliphatic carbocycles. The topological polar surface area (TPSA) is 44.1 Å². The van der Waals surface area contributed by atoms with Gasteiger partial charge in [0.1, 0.15) is 17.7 Å². The molecular weight excluding hydrogens is 267 g/mol. The highest BCUT2D eigenvalue weighted by Crippen LogP contribution is 2.23. The largest absolute Gasteiger partial charge is 0.300 e. The molecule has 1 aliphatic heterocycles. The summed E-state index contributed by atoms with van der Waals surface area (Å²) < 4.78 is 14.2. The van der Waals surface area contributed by atoms with E-state index in [9.17, 15) is 9.18 Å². The van der Waals surface area contributed by atoms with Crippen LogP contribution < -0.4 is 0 Å². The van der Waals surface area contributed by atoms with Crippen LogP contribution in [0.4, 0.5) is 4.39 Å². The van der Waals surface area contributed by atoms with Crippen molar-refractivity contribution in [3.8, 4) is 6.07 Å². The molecule has 1 aromatic rings. The van der Waals surface area contributed by atoms with E-state index in [0.29, 0.717) is 18.5 Å². The maximum Gasteiger partial charge on any atom is 0.145 e. The number of hydrogen-bond acceptors (Lipinski definition) is 3. The first-order valence-electron chi connectivity index (χ1n) is 7.52. The molecule has 21 heavy (non-hydrogen) atoms. The van der Waals surface area contributed by atoms with Crippen molar-refractivity contribution in [2.45, 2.75) is 51.6 Å². The number of rotatable bonds is 4. The minimum atomic E-state index is -0.425. The van der Waals surface area contributed by atoms with Crippen molar-refractivity contribution >= 4 is 5.78 Å². The van der Waals surface area contributed by atoms with Crippen LogP contribution in [-0.4, -0.2) is 23.3 Å².